The molecule has 254 valence electrons. The monoisotopic (exact) mass is 718 g/mol. The van der Waals surface area contributed by atoms with Crippen LogP contribution in [-0.2, 0) is 16.0 Å². The second-order valence-electron chi connectivity index (χ2n) is 11.2. The van der Waals surface area contributed by atoms with Crippen LogP contribution < -0.4 is 21.5 Å². The van der Waals surface area contributed by atoms with Crippen molar-refractivity contribution in [1.82, 2.24) is 14.9 Å². The summed E-state index contributed by atoms with van der Waals surface area (Å²) in [5, 5.41) is 12.8. The highest BCUT2D eigenvalue weighted by molar-refractivity contribution is 7.98. The molecule has 6 N–H and O–H groups in total. The zero-order chi connectivity index (χ0) is 35.2. The molecule has 10 nitrogen and oxygen atoms in total. The summed E-state index contributed by atoms with van der Waals surface area (Å²) < 4.78 is 36.7. The van der Waals surface area contributed by atoms with Crippen LogP contribution in [0.5, 0.6) is 5.75 Å². The predicted octanol–water partition coefficient (Wildman–Crippen LogP) is 6.32. The lowest BCUT2D eigenvalue weighted by Crippen LogP contribution is -2.41. The maximum atomic E-state index is 15.5. The first-order chi connectivity index (χ1) is 22.7. The fourth-order valence-electron chi connectivity index (χ4n) is 4.92. The van der Waals surface area contributed by atoms with Crippen molar-refractivity contribution in [2.75, 3.05) is 13.7 Å². The van der Waals surface area contributed by atoms with E-state index in [0.29, 0.717) is 28.0 Å². The maximum Gasteiger partial charge on any atom is 0.326 e. The number of carbonyl (C=O) groups is 2. The number of guanidine groups is 1. The van der Waals surface area contributed by atoms with Gasteiger partial charge in [-0.1, -0.05) is 54.9 Å². The van der Waals surface area contributed by atoms with Crippen molar-refractivity contribution in [3.63, 3.8) is 0 Å². The second-order valence-corrected chi connectivity index (χ2v) is 13.0. The number of amides is 1. The molecule has 1 atom stereocenters. The number of hydrogen-bond acceptors (Lipinski definition) is 6. The summed E-state index contributed by atoms with van der Waals surface area (Å²) in [7, 11) is 1.53. The highest BCUT2D eigenvalue weighted by Crippen LogP contribution is 2.39. The number of methoxy groups -OCH3 is 1. The number of nitrogens with one attached hydrogen (secondary N) is 1. The molecule has 48 heavy (non-hydrogen) atoms. The molecule has 1 aromatic heterocycles. The van der Waals surface area contributed by atoms with Gasteiger partial charge in [0.15, 0.2) is 11.1 Å². The lowest BCUT2D eigenvalue weighted by Gasteiger charge is -2.28. The van der Waals surface area contributed by atoms with Gasteiger partial charge >= 0.3 is 5.97 Å². The van der Waals surface area contributed by atoms with Crippen molar-refractivity contribution in [2.45, 2.75) is 49.1 Å². The molecule has 0 radical (unpaired) electrons. The molecule has 1 heterocycles. The smallest absolute Gasteiger partial charge is 0.326 e. The fraction of sp³-hybridized carbons (Fsp3) is 0.273. The Labute approximate surface area is 290 Å². The van der Waals surface area contributed by atoms with Crippen LogP contribution in [0.2, 0.25) is 10.0 Å². The standard InChI is InChI=1S/C33H34Cl2F2N6O4S/c1-33(2,19-6-11-23(34)27(15-19)47-3)28-16-41-32(43(28)21-9-7-20(36)8-10-21)48-17-22-24(35)13-18(14-25(22)37)29(44)42-26(30(45)46)5-4-12-40-31(38)39/h6-11,13-16,26H,4-5,12,17H2,1-3H3,(H,42,44)(H,45,46)(H4,38,39,40)/t26-/m1/s1. The average Bonchev–Trinajstić information content (AvgIpc) is 3.47. The molecule has 4 aromatic rings. The third-order valence-corrected chi connectivity index (χ3v) is 9.25. The second kappa shape index (κ2) is 15.7. The summed E-state index contributed by atoms with van der Waals surface area (Å²) >= 11 is 13.9. The van der Waals surface area contributed by atoms with Crippen LogP contribution in [-0.4, -0.2) is 52.2 Å². The summed E-state index contributed by atoms with van der Waals surface area (Å²) in [5.74, 6) is -2.82. The van der Waals surface area contributed by atoms with Gasteiger partial charge in [0.2, 0.25) is 0 Å². The van der Waals surface area contributed by atoms with E-state index in [2.05, 4.69) is 15.3 Å². The SMILES string of the molecule is COc1cc(C(C)(C)c2cnc(SCc3c(F)cc(C(=O)N[C@H](CCCN=C(N)N)C(=O)O)cc3Cl)n2-c2ccc(F)cc2)ccc1Cl. The summed E-state index contributed by atoms with van der Waals surface area (Å²) in [5.41, 5.74) is 12.2. The lowest BCUT2D eigenvalue weighted by molar-refractivity contribution is -0.139. The quantitative estimate of drug-likeness (QED) is 0.0511. The van der Waals surface area contributed by atoms with E-state index < -0.39 is 35.0 Å². The molecule has 0 saturated heterocycles. The number of thioether (sulfide) groups is 1. The fourth-order valence-corrected chi connectivity index (χ4v) is 6.50. The Bertz CT molecular complexity index is 1810. The van der Waals surface area contributed by atoms with Crippen LogP contribution >= 0.6 is 35.0 Å². The summed E-state index contributed by atoms with van der Waals surface area (Å²) in [6.45, 7) is 4.18. The molecule has 0 saturated carbocycles. The minimum Gasteiger partial charge on any atom is -0.495 e. The molecule has 4 rings (SSSR count). The van der Waals surface area contributed by atoms with Gasteiger partial charge in [-0.3, -0.25) is 14.4 Å². The normalized spacial score (nSPS) is 12.0. The van der Waals surface area contributed by atoms with Crippen molar-refractivity contribution in [3.8, 4) is 11.4 Å². The van der Waals surface area contributed by atoms with Crippen molar-refractivity contribution in [3.05, 3.63) is 105 Å². The molecule has 0 aliphatic rings. The number of carbonyl (C=O) groups excluding carboxylic acids is 1. The Hall–Kier alpha value is -4.33. The molecule has 1 amide bonds. The number of nitrogens with zero attached hydrogens (tertiary/aromatic N) is 3. The van der Waals surface area contributed by atoms with E-state index in [-0.39, 0.29) is 40.8 Å². The van der Waals surface area contributed by atoms with Crippen molar-refractivity contribution in [2.24, 2.45) is 16.5 Å². The van der Waals surface area contributed by atoms with Crippen LogP contribution in [0, 0.1) is 11.6 Å². The van der Waals surface area contributed by atoms with E-state index in [4.69, 9.17) is 39.4 Å². The van der Waals surface area contributed by atoms with Crippen molar-refractivity contribution < 1.29 is 28.2 Å². The van der Waals surface area contributed by atoms with Gasteiger partial charge in [-0.05, 0) is 66.9 Å². The predicted molar refractivity (Wildman–Crippen MR) is 183 cm³/mol. The molecule has 0 bridgehead atoms. The molecule has 0 unspecified atom stereocenters. The van der Waals surface area contributed by atoms with E-state index in [1.807, 2.05) is 30.5 Å². The summed E-state index contributed by atoms with van der Waals surface area (Å²) in [6.07, 6.45) is 2.04. The Balaban J connectivity index is 1.60. The van der Waals surface area contributed by atoms with Crippen LogP contribution in [0.1, 0.15) is 53.9 Å². The minimum absolute atomic E-state index is 0.0269. The number of aliphatic imine (C=N–C) groups is 1. The molecule has 15 heteroatoms. The largest absolute Gasteiger partial charge is 0.495 e. The van der Waals surface area contributed by atoms with E-state index in [1.165, 1.54) is 37.1 Å². The Morgan fingerprint density at radius 2 is 1.81 bits per heavy atom. The molecular formula is C33H34Cl2F2N6O4S. The lowest BCUT2D eigenvalue weighted by atomic mass is 9.81. The van der Waals surface area contributed by atoms with Gasteiger partial charge in [-0.15, -0.1) is 0 Å². The third-order valence-electron chi connectivity index (χ3n) is 7.62. The topological polar surface area (TPSA) is 158 Å². The molecule has 0 fully saturated rings. The van der Waals surface area contributed by atoms with Gasteiger partial charge in [0.05, 0.1) is 24.0 Å². The first-order valence-electron chi connectivity index (χ1n) is 14.6. The highest BCUT2D eigenvalue weighted by atomic mass is 35.5. The van der Waals surface area contributed by atoms with Gasteiger partial charge in [0, 0.05) is 39.5 Å². The molecule has 0 spiro atoms. The third kappa shape index (κ3) is 8.57. The van der Waals surface area contributed by atoms with Crippen LogP contribution in [0.4, 0.5) is 8.78 Å². The van der Waals surface area contributed by atoms with E-state index in [9.17, 15) is 19.1 Å². The minimum atomic E-state index is -1.26. The van der Waals surface area contributed by atoms with Gasteiger partial charge in [0.1, 0.15) is 23.4 Å². The number of carboxylic acids is 1. The molecule has 0 aliphatic heterocycles. The van der Waals surface area contributed by atoms with Crippen molar-refractivity contribution in [1.29, 1.82) is 0 Å². The number of imidazole rings is 1. The van der Waals surface area contributed by atoms with Crippen LogP contribution in [0.3, 0.4) is 0 Å². The summed E-state index contributed by atoms with van der Waals surface area (Å²) in [4.78, 5) is 33.0. The number of rotatable bonds is 14. The number of aromatic nitrogens is 2. The molecule has 0 aliphatic carbocycles. The van der Waals surface area contributed by atoms with Gasteiger partial charge < -0.3 is 26.6 Å². The Kier molecular flexibility index (Phi) is 11.9. The number of nitrogens with two attached hydrogens (primary N) is 2. The zero-order valence-corrected chi connectivity index (χ0v) is 28.6. The number of carboxylic acid groups (broad SMARTS) is 1. The van der Waals surface area contributed by atoms with Crippen LogP contribution in [0.25, 0.3) is 5.69 Å². The molecule has 3 aromatic carbocycles. The number of aliphatic carboxylic acids is 1. The number of benzene rings is 3. The Morgan fingerprint density at radius 1 is 1.10 bits per heavy atom. The average molecular weight is 720 g/mol. The zero-order valence-electron chi connectivity index (χ0n) is 26.3. The first kappa shape index (κ1) is 36.5. The maximum absolute atomic E-state index is 15.5. The van der Waals surface area contributed by atoms with E-state index >= 15 is 4.39 Å². The number of hydrogen-bond donors (Lipinski definition) is 4. The van der Waals surface area contributed by atoms with Crippen LogP contribution in [0.15, 0.2) is 70.9 Å². The van der Waals surface area contributed by atoms with E-state index in [0.717, 1.165) is 17.3 Å². The van der Waals surface area contributed by atoms with Gasteiger partial charge in [-0.25, -0.2) is 18.6 Å². The first-order valence-corrected chi connectivity index (χ1v) is 16.3. The number of ether oxygens (including phenoxy) is 1. The molecular weight excluding hydrogens is 685 g/mol. The highest BCUT2D eigenvalue weighted by Gasteiger charge is 2.31. The van der Waals surface area contributed by atoms with E-state index in [1.54, 1.807) is 24.4 Å². The summed E-state index contributed by atoms with van der Waals surface area (Å²) in [6, 6.07) is 12.4. The van der Waals surface area contributed by atoms with Crippen molar-refractivity contribution >= 4 is 52.8 Å². The van der Waals surface area contributed by atoms with Gasteiger partial charge in [-0.2, -0.15) is 0 Å². The van der Waals surface area contributed by atoms with Gasteiger partial charge in [0.25, 0.3) is 5.91 Å². The number of halogens is 4. The Morgan fingerprint density at radius 3 is 2.44 bits per heavy atom.